The van der Waals surface area contributed by atoms with Crippen molar-refractivity contribution in [3.63, 3.8) is 0 Å². The Labute approximate surface area is 118 Å². The fourth-order valence-electron chi connectivity index (χ4n) is 2.07. The Morgan fingerprint density at radius 2 is 2.15 bits per heavy atom. The van der Waals surface area contributed by atoms with Crippen molar-refractivity contribution in [2.24, 2.45) is 5.73 Å². The molecule has 1 aliphatic rings. The van der Waals surface area contributed by atoms with Crippen LogP contribution >= 0.6 is 0 Å². The molecule has 0 saturated carbocycles. The van der Waals surface area contributed by atoms with E-state index in [4.69, 9.17) is 11.5 Å². The summed E-state index contributed by atoms with van der Waals surface area (Å²) in [5, 5.41) is 4.13. The predicted octanol–water partition coefficient (Wildman–Crippen LogP) is 1.12. The van der Waals surface area contributed by atoms with Gasteiger partial charge >= 0.3 is 0 Å². The van der Waals surface area contributed by atoms with Crippen LogP contribution in [0.5, 0.6) is 0 Å². The minimum absolute atomic E-state index is 0.0596. The summed E-state index contributed by atoms with van der Waals surface area (Å²) in [5.74, 6) is -0.238. The summed E-state index contributed by atoms with van der Waals surface area (Å²) in [5.41, 5.74) is 12.6. The van der Waals surface area contributed by atoms with Gasteiger partial charge in [-0.05, 0) is 38.6 Å². The molecule has 1 aliphatic heterocycles. The lowest BCUT2D eigenvalue weighted by Crippen LogP contribution is -2.39. The number of allylic oxidation sites excluding steroid dienone is 2. The first kappa shape index (κ1) is 14.2. The highest BCUT2D eigenvalue weighted by molar-refractivity contribution is 5.96. The van der Waals surface area contributed by atoms with E-state index >= 15 is 0 Å². The van der Waals surface area contributed by atoms with Crippen molar-refractivity contribution in [2.75, 3.05) is 12.3 Å². The molecule has 6 heteroatoms. The highest BCUT2D eigenvalue weighted by Gasteiger charge is 2.21. The molecule has 0 fully saturated rings. The molecular weight excluding hydrogens is 254 g/mol. The summed E-state index contributed by atoms with van der Waals surface area (Å²) >= 11 is 0. The van der Waals surface area contributed by atoms with Gasteiger partial charge in [0.2, 0.25) is 0 Å². The molecule has 0 atom stereocenters. The monoisotopic (exact) mass is 275 g/mol. The van der Waals surface area contributed by atoms with E-state index in [2.05, 4.69) is 37.0 Å². The van der Waals surface area contributed by atoms with Crippen molar-refractivity contribution in [3.8, 4) is 0 Å². The van der Waals surface area contributed by atoms with E-state index in [1.165, 1.54) is 11.8 Å². The molecular formula is C14H21N5O. The van der Waals surface area contributed by atoms with Crippen molar-refractivity contribution in [1.29, 1.82) is 0 Å². The Morgan fingerprint density at radius 1 is 1.45 bits per heavy atom. The van der Waals surface area contributed by atoms with Gasteiger partial charge in [0.1, 0.15) is 11.4 Å². The topological polar surface area (TPSA) is 90.2 Å². The van der Waals surface area contributed by atoms with Gasteiger partial charge in [0.15, 0.2) is 0 Å². The van der Waals surface area contributed by atoms with Crippen LogP contribution in [0.3, 0.4) is 0 Å². The van der Waals surface area contributed by atoms with Crippen molar-refractivity contribution in [1.82, 2.24) is 14.7 Å². The van der Waals surface area contributed by atoms with Crippen LogP contribution in [-0.2, 0) is 6.54 Å². The van der Waals surface area contributed by atoms with E-state index in [1.807, 2.05) is 12.2 Å². The van der Waals surface area contributed by atoms with Gasteiger partial charge in [0.25, 0.3) is 5.91 Å². The number of nitrogens with two attached hydrogens (primary N) is 2. The average molecular weight is 275 g/mol. The highest BCUT2D eigenvalue weighted by atomic mass is 16.1. The third-order valence-electron chi connectivity index (χ3n) is 3.33. The van der Waals surface area contributed by atoms with Gasteiger partial charge in [-0.3, -0.25) is 4.79 Å². The molecule has 0 bridgehead atoms. The maximum Gasteiger partial charge on any atom is 0.254 e. The number of carbonyl (C=O) groups excluding carboxylic acids is 1. The number of rotatable bonds is 3. The maximum absolute atomic E-state index is 11.2. The zero-order valence-electron chi connectivity index (χ0n) is 12.1. The lowest BCUT2D eigenvalue weighted by molar-refractivity contribution is 0.100. The Kier molecular flexibility index (Phi) is 3.57. The second-order valence-electron chi connectivity index (χ2n) is 5.93. The van der Waals surface area contributed by atoms with Crippen molar-refractivity contribution < 1.29 is 4.79 Å². The van der Waals surface area contributed by atoms with Crippen LogP contribution in [0.2, 0.25) is 0 Å². The summed E-state index contributed by atoms with van der Waals surface area (Å²) in [6.07, 6.45) is 7.55. The molecule has 2 rings (SSSR count). The molecule has 20 heavy (non-hydrogen) atoms. The van der Waals surface area contributed by atoms with Crippen molar-refractivity contribution in [3.05, 3.63) is 35.7 Å². The first-order chi connectivity index (χ1) is 9.29. The molecule has 2 heterocycles. The fourth-order valence-corrected chi connectivity index (χ4v) is 2.07. The zero-order valence-corrected chi connectivity index (χ0v) is 12.1. The summed E-state index contributed by atoms with van der Waals surface area (Å²) in [6, 6.07) is 0. The number of hydrogen-bond acceptors (Lipinski definition) is 4. The molecule has 1 aromatic rings. The summed E-state index contributed by atoms with van der Waals surface area (Å²) < 4.78 is 1.60. The number of amides is 1. The van der Waals surface area contributed by atoms with Crippen LogP contribution in [-0.4, -0.2) is 32.7 Å². The maximum atomic E-state index is 11.2. The van der Waals surface area contributed by atoms with Crippen molar-refractivity contribution >= 4 is 11.7 Å². The smallest absolute Gasteiger partial charge is 0.254 e. The van der Waals surface area contributed by atoms with Crippen LogP contribution in [0.4, 0.5) is 5.82 Å². The summed E-state index contributed by atoms with van der Waals surface area (Å²) in [6.45, 7) is 7.84. The number of nitrogen functional groups attached to an aromatic ring is 1. The molecule has 1 amide bonds. The molecule has 0 unspecified atom stereocenters. The van der Waals surface area contributed by atoms with Crippen LogP contribution in [0.15, 0.2) is 30.1 Å². The molecule has 4 N–H and O–H groups in total. The molecule has 1 aromatic heterocycles. The van der Waals surface area contributed by atoms with E-state index in [0.717, 1.165) is 6.54 Å². The Bertz CT molecular complexity index is 577. The second kappa shape index (κ2) is 5.03. The van der Waals surface area contributed by atoms with Crippen molar-refractivity contribution in [2.45, 2.75) is 32.9 Å². The first-order valence-corrected chi connectivity index (χ1v) is 6.53. The van der Waals surface area contributed by atoms with Gasteiger partial charge in [-0.1, -0.05) is 6.08 Å². The van der Waals surface area contributed by atoms with Crippen LogP contribution in [0.1, 0.15) is 31.1 Å². The number of nitrogens with zero attached hydrogens (tertiary/aromatic N) is 3. The largest absolute Gasteiger partial charge is 0.383 e. The Balaban J connectivity index is 2.14. The van der Waals surface area contributed by atoms with Crippen LogP contribution in [0.25, 0.3) is 0 Å². The Hall–Kier alpha value is -2.24. The van der Waals surface area contributed by atoms with Gasteiger partial charge in [0.05, 0.1) is 12.7 Å². The van der Waals surface area contributed by atoms with E-state index < -0.39 is 5.91 Å². The van der Waals surface area contributed by atoms with Gasteiger partial charge in [-0.2, -0.15) is 5.10 Å². The number of aromatic nitrogens is 2. The molecule has 108 valence electrons. The first-order valence-electron chi connectivity index (χ1n) is 6.53. The summed E-state index contributed by atoms with van der Waals surface area (Å²) in [4.78, 5) is 13.4. The summed E-state index contributed by atoms with van der Waals surface area (Å²) in [7, 11) is 0. The van der Waals surface area contributed by atoms with E-state index in [9.17, 15) is 4.79 Å². The normalized spacial score (nSPS) is 15.3. The number of primary amides is 1. The van der Waals surface area contributed by atoms with Gasteiger partial charge in [-0.25, -0.2) is 4.68 Å². The predicted molar refractivity (Wildman–Crippen MR) is 78.8 cm³/mol. The zero-order chi connectivity index (χ0) is 14.9. The molecule has 0 saturated heterocycles. The molecule has 0 radical (unpaired) electrons. The standard InChI is InChI=1S/C14H21N5O/c1-14(2,3)18-6-4-5-10(8-18)9-19-12(15)11(7-17-19)13(16)20/h4-7H,8-9,15H2,1-3H3,(H2,16,20). The van der Waals surface area contributed by atoms with E-state index in [1.54, 1.807) is 4.68 Å². The highest BCUT2D eigenvalue weighted by Crippen LogP contribution is 2.21. The quantitative estimate of drug-likeness (QED) is 0.865. The van der Waals surface area contributed by atoms with Gasteiger partial charge in [-0.15, -0.1) is 0 Å². The average Bonchev–Trinajstić information content (AvgIpc) is 2.70. The molecule has 0 spiro atoms. The van der Waals surface area contributed by atoms with E-state index in [0.29, 0.717) is 12.4 Å². The fraction of sp³-hybridized carbons (Fsp3) is 0.429. The minimum Gasteiger partial charge on any atom is -0.383 e. The number of carbonyl (C=O) groups is 1. The minimum atomic E-state index is -0.553. The lowest BCUT2D eigenvalue weighted by atomic mass is 10.0. The second-order valence-corrected chi connectivity index (χ2v) is 5.93. The number of anilines is 1. The lowest BCUT2D eigenvalue weighted by Gasteiger charge is -2.37. The molecule has 0 aliphatic carbocycles. The van der Waals surface area contributed by atoms with Crippen LogP contribution < -0.4 is 11.5 Å². The third-order valence-corrected chi connectivity index (χ3v) is 3.33. The molecule has 0 aromatic carbocycles. The van der Waals surface area contributed by atoms with Gasteiger partial charge in [0, 0.05) is 12.1 Å². The molecule has 6 nitrogen and oxygen atoms in total. The van der Waals surface area contributed by atoms with E-state index in [-0.39, 0.29) is 11.1 Å². The Morgan fingerprint density at radius 3 is 2.70 bits per heavy atom. The van der Waals surface area contributed by atoms with Crippen LogP contribution in [0, 0.1) is 0 Å². The number of hydrogen-bond donors (Lipinski definition) is 2. The SMILES string of the molecule is CC(C)(C)N1C=CC=C(Cn2ncc(C(N)=O)c2N)C1. The third kappa shape index (κ3) is 2.84. The van der Waals surface area contributed by atoms with Gasteiger partial charge < -0.3 is 16.4 Å².